The minimum Gasteiger partial charge on any atom is -0.476 e. The Morgan fingerprint density at radius 1 is 0.958 bits per heavy atom. The average Bonchev–Trinajstić information content (AvgIpc) is 3.37. The Labute approximate surface area is 137 Å². The molecule has 2 aromatic rings. The van der Waals surface area contributed by atoms with E-state index in [9.17, 15) is 18.4 Å². The fraction of sp³-hybridized carbons (Fsp3) is 0.222. The molecular weight excluding hydrogens is 318 g/mol. The number of methoxy groups -OCH3 is 1. The Balaban J connectivity index is 1.76. The van der Waals surface area contributed by atoms with E-state index < -0.39 is 29.0 Å². The monoisotopic (exact) mass is 332 g/mol. The molecule has 3 rings (SSSR count). The van der Waals surface area contributed by atoms with Gasteiger partial charge in [-0.15, -0.1) is 0 Å². The quantitative estimate of drug-likeness (QED) is 0.623. The summed E-state index contributed by atoms with van der Waals surface area (Å²) in [4.78, 5) is 23.9. The highest BCUT2D eigenvalue weighted by molar-refractivity contribution is 6.09. The van der Waals surface area contributed by atoms with Crippen molar-refractivity contribution in [1.29, 1.82) is 0 Å². The van der Waals surface area contributed by atoms with E-state index in [4.69, 9.17) is 9.47 Å². The van der Waals surface area contributed by atoms with Crippen molar-refractivity contribution in [2.75, 3.05) is 7.11 Å². The van der Waals surface area contributed by atoms with Gasteiger partial charge < -0.3 is 9.47 Å². The number of benzene rings is 2. The fourth-order valence-electron chi connectivity index (χ4n) is 2.35. The summed E-state index contributed by atoms with van der Waals surface area (Å²) in [5.74, 6) is -2.51. The largest absolute Gasteiger partial charge is 0.476 e. The zero-order chi connectivity index (χ0) is 17.3. The lowest BCUT2D eigenvalue weighted by molar-refractivity contribution is -0.151. The molecule has 6 heteroatoms. The number of carbonyl (C=O) groups is 2. The molecule has 0 aliphatic heterocycles. The summed E-state index contributed by atoms with van der Waals surface area (Å²) in [6, 6.07) is 9.11. The van der Waals surface area contributed by atoms with E-state index in [2.05, 4.69) is 0 Å². The van der Waals surface area contributed by atoms with Crippen LogP contribution in [0.3, 0.4) is 0 Å². The second-order valence-electron chi connectivity index (χ2n) is 5.57. The van der Waals surface area contributed by atoms with Crippen LogP contribution in [-0.2, 0) is 9.53 Å². The first-order chi connectivity index (χ1) is 11.4. The number of hydrogen-bond acceptors (Lipinski definition) is 4. The third-order valence-corrected chi connectivity index (χ3v) is 3.87. The molecule has 4 nitrogen and oxygen atoms in total. The fourth-order valence-corrected chi connectivity index (χ4v) is 2.35. The van der Waals surface area contributed by atoms with Crippen LogP contribution in [-0.4, -0.2) is 24.5 Å². The van der Waals surface area contributed by atoms with Crippen LogP contribution >= 0.6 is 0 Å². The van der Waals surface area contributed by atoms with Crippen LogP contribution in [0.1, 0.15) is 28.8 Å². The first-order valence-electron chi connectivity index (χ1n) is 7.32. The summed E-state index contributed by atoms with van der Waals surface area (Å²) < 4.78 is 36.5. The lowest BCUT2D eigenvalue weighted by atomic mass is 10.0. The molecule has 0 amide bonds. The highest BCUT2D eigenvalue weighted by Crippen LogP contribution is 2.41. The van der Waals surface area contributed by atoms with Crippen LogP contribution in [0.2, 0.25) is 0 Å². The predicted octanol–water partition coefficient (Wildman–Crippen LogP) is 3.28. The van der Waals surface area contributed by atoms with E-state index in [0.717, 1.165) is 12.1 Å². The average molecular weight is 332 g/mol. The standard InChI is InChI=1S/C18H14F2O4/c1-23-17(22)18(8-9-18)24-13-5-2-11(3-6-13)16(21)12-4-7-14(19)15(20)10-12/h2-7,10H,8-9H2,1H3. The van der Waals surface area contributed by atoms with Gasteiger partial charge in [-0.3, -0.25) is 4.79 Å². The number of halogens is 2. The smallest absolute Gasteiger partial charge is 0.350 e. The molecule has 0 unspecified atom stereocenters. The summed E-state index contributed by atoms with van der Waals surface area (Å²) in [5.41, 5.74) is -0.576. The summed E-state index contributed by atoms with van der Waals surface area (Å²) in [6.45, 7) is 0. The first kappa shape index (κ1) is 16.1. The molecule has 0 aromatic heterocycles. The Kier molecular flexibility index (Phi) is 4.05. The van der Waals surface area contributed by atoms with Gasteiger partial charge >= 0.3 is 5.97 Å². The topological polar surface area (TPSA) is 52.6 Å². The van der Waals surface area contributed by atoms with Gasteiger partial charge in [-0.25, -0.2) is 13.6 Å². The molecule has 0 N–H and O–H groups in total. The Hall–Kier alpha value is -2.76. The molecule has 0 radical (unpaired) electrons. The molecule has 0 saturated heterocycles. The van der Waals surface area contributed by atoms with Gasteiger partial charge in [-0.05, 0) is 42.5 Å². The number of hydrogen-bond donors (Lipinski definition) is 0. The van der Waals surface area contributed by atoms with Crippen molar-refractivity contribution in [3.05, 3.63) is 65.2 Å². The number of rotatable bonds is 5. The van der Waals surface area contributed by atoms with Crippen molar-refractivity contribution < 1.29 is 27.8 Å². The zero-order valence-corrected chi connectivity index (χ0v) is 12.8. The molecular formula is C18H14F2O4. The third kappa shape index (κ3) is 2.99. The highest BCUT2D eigenvalue weighted by atomic mass is 19.2. The van der Waals surface area contributed by atoms with Gasteiger partial charge in [0.05, 0.1) is 7.11 Å². The van der Waals surface area contributed by atoms with Gasteiger partial charge in [0.15, 0.2) is 17.4 Å². The molecule has 1 fully saturated rings. The van der Waals surface area contributed by atoms with Crippen LogP contribution < -0.4 is 4.74 Å². The Morgan fingerprint density at radius 2 is 1.58 bits per heavy atom. The molecule has 0 atom stereocenters. The van der Waals surface area contributed by atoms with Crippen molar-refractivity contribution in [2.45, 2.75) is 18.4 Å². The van der Waals surface area contributed by atoms with E-state index in [1.165, 1.54) is 25.3 Å². The van der Waals surface area contributed by atoms with Crippen LogP contribution in [0.25, 0.3) is 0 Å². The van der Waals surface area contributed by atoms with Gasteiger partial charge in [0.1, 0.15) is 5.75 Å². The highest BCUT2D eigenvalue weighted by Gasteiger charge is 2.54. The summed E-state index contributed by atoms with van der Waals surface area (Å²) in [7, 11) is 1.30. The van der Waals surface area contributed by atoms with Crippen molar-refractivity contribution in [2.24, 2.45) is 0 Å². The van der Waals surface area contributed by atoms with E-state index in [1.54, 1.807) is 12.1 Å². The van der Waals surface area contributed by atoms with Gasteiger partial charge in [-0.2, -0.15) is 0 Å². The van der Waals surface area contributed by atoms with Crippen molar-refractivity contribution >= 4 is 11.8 Å². The van der Waals surface area contributed by atoms with Crippen molar-refractivity contribution in [3.8, 4) is 5.75 Å². The molecule has 2 aromatic carbocycles. The van der Waals surface area contributed by atoms with Gasteiger partial charge in [-0.1, -0.05) is 0 Å². The van der Waals surface area contributed by atoms with Crippen molar-refractivity contribution in [3.63, 3.8) is 0 Å². The second-order valence-corrected chi connectivity index (χ2v) is 5.57. The van der Waals surface area contributed by atoms with Crippen LogP contribution in [0.15, 0.2) is 42.5 Å². The predicted molar refractivity (Wildman–Crippen MR) is 80.8 cm³/mol. The molecule has 0 heterocycles. The number of ether oxygens (including phenoxy) is 2. The molecule has 1 saturated carbocycles. The number of carbonyl (C=O) groups excluding carboxylic acids is 2. The van der Waals surface area contributed by atoms with Crippen LogP contribution in [0.5, 0.6) is 5.75 Å². The molecule has 0 spiro atoms. The molecule has 1 aliphatic rings. The first-order valence-corrected chi connectivity index (χ1v) is 7.32. The van der Waals surface area contributed by atoms with Crippen molar-refractivity contribution in [1.82, 2.24) is 0 Å². The lowest BCUT2D eigenvalue weighted by Crippen LogP contribution is -2.30. The Bertz CT molecular complexity index is 795. The normalized spacial score (nSPS) is 14.8. The second kappa shape index (κ2) is 6.03. The maximum absolute atomic E-state index is 13.2. The lowest BCUT2D eigenvalue weighted by Gasteiger charge is -2.15. The van der Waals surface area contributed by atoms with Gasteiger partial charge in [0.25, 0.3) is 0 Å². The van der Waals surface area contributed by atoms with Gasteiger partial charge in [0, 0.05) is 24.0 Å². The number of esters is 1. The minimum absolute atomic E-state index is 0.0517. The van der Waals surface area contributed by atoms with E-state index in [0.29, 0.717) is 24.2 Å². The summed E-state index contributed by atoms with van der Waals surface area (Å²) >= 11 is 0. The SMILES string of the molecule is COC(=O)C1(Oc2ccc(C(=O)c3ccc(F)c(F)c3)cc2)CC1. The maximum Gasteiger partial charge on any atom is 0.350 e. The summed E-state index contributed by atoms with van der Waals surface area (Å²) in [6.07, 6.45) is 1.16. The van der Waals surface area contributed by atoms with E-state index in [1.807, 2.05) is 0 Å². The number of ketones is 1. The zero-order valence-electron chi connectivity index (χ0n) is 12.8. The molecule has 24 heavy (non-hydrogen) atoms. The van der Waals surface area contributed by atoms with Crippen LogP contribution in [0.4, 0.5) is 8.78 Å². The summed E-state index contributed by atoms with van der Waals surface area (Å²) in [5, 5.41) is 0. The van der Waals surface area contributed by atoms with E-state index in [-0.39, 0.29) is 5.56 Å². The molecule has 124 valence electrons. The molecule has 0 bridgehead atoms. The third-order valence-electron chi connectivity index (χ3n) is 3.87. The molecule has 1 aliphatic carbocycles. The van der Waals surface area contributed by atoms with Gasteiger partial charge in [0.2, 0.25) is 5.60 Å². The maximum atomic E-state index is 13.2. The minimum atomic E-state index is -1.07. The Morgan fingerprint density at radius 3 is 2.12 bits per heavy atom. The van der Waals surface area contributed by atoms with Crippen LogP contribution in [0, 0.1) is 11.6 Å². The van der Waals surface area contributed by atoms with E-state index >= 15 is 0 Å².